The number of methoxy groups -OCH3 is 1. The van der Waals surface area contributed by atoms with Crippen molar-refractivity contribution >= 4 is 28.4 Å². The van der Waals surface area contributed by atoms with Crippen LogP contribution in [0.2, 0.25) is 0 Å². The number of carbonyl (C=O) groups is 2. The second-order valence-corrected chi connectivity index (χ2v) is 7.80. The second-order valence-electron chi connectivity index (χ2n) is 7.80. The summed E-state index contributed by atoms with van der Waals surface area (Å²) >= 11 is 0. The number of ketones is 1. The monoisotopic (exact) mass is 441 g/mol. The van der Waals surface area contributed by atoms with Crippen LogP contribution in [0.3, 0.4) is 0 Å². The van der Waals surface area contributed by atoms with Gasteiger partial charge in [0.2, 0.25) is 11.3 Å². The Morgan fingerprint density at radius 3 is 2.48 bits per heavy atom. The molecule has 7 nitrogen and oxygen atoms in total. The largest absolute Gasteiger partial charge is 0.497 e. The van der Waals surface area contributed by atoms with Crippen molar-refractivity contribution in [2.75, 3.05) is 12.4 Å². The van der Waals surface area contributed by atoms with Crippen molar-refractivity contribution in [3.63, 3.8) is 0 Å². The molecule has 1 N–H and O–H groups in total. The van der Waals surface area contributed by atoms with Gasteiger partial charge in [-0.1, -0.05) is 12.1 Å². The highest BCUT2D eigenvalue weighted by atomic mass is 16.5. The summed E-state index contributed by atoms with van der Waals surface area (Å²) in [7, 11) is 1.54. The predicted octanol–water partition coefficient (Wildman–Crippen LogP) is 3.89. The normalized spacial score (nSPS) is 10.8. The molecule has 33 heavy (non-hydrogen) atoms. The van der Waals surface area contributed by atoms with Gasteiger partial charge >= 0.3 is 0 Å². The third kappa shape index (κ3) is 4.67. The van der Waals surface area contributed by atoms with Gasteiger partial charge in [0.15, 0.2) is 5.78 Å². The highest BCUT2D eigenvalue weighted by Crippen LogP contribution is 2.17. The van der Waals surface area contributed by atoms with Gasteiger partial charge < -0.3 is 14.6 Å². The quantitative estimate of drug-likeness (QED) is 0.459. The standard InChI is InChI=1S/C26H23N3O4/c1-16-5-4-6-19(13-16)28-23(30)15-29-14-22(24(31)18-8-10-20(33-3)11-9-18)25(32)21-12-7-17(2)27-26(21)29/h4-14H,15H2,1-3H3,(H,28,30). The zero-order chi connectivity index (χ0) is 23.5. The third-order valence-corrected chi connectivity index (χ3v) is 5.27. The number of benzene rings is 2. The zero-order valence-electron chi connectivity index (χ0n) is 18.6. The fourth-order valence-electron chi connectivity index (χ4n) is 3.62. The van der Waals surface area contributed by atoms with E-state index in [1.807, 2.05) is 25.1 Å². The van der Waals surface area contributed by atoms with E-state index in [0.717, 1.165) is 5.56 Å². The Hall–Kier alpha value is -4.26. The molecule has 0 unspecified atom stereocenters. The fourth-order valence-corrected chi connectivity index (χ4v) is 3.62. The molecule has 0 aliphatic heterocycles. The van der Waals surface area contributed by atoms with Crippen molar-refractivity contribution in [1.29, 1.82) is 0 Å². The zero-order valence-corrected chi connectivity index (χ0v) is 18.6. The van der Waals surface area contributed by atoms with Gasteiger partial charge in [-0.3, -0.25) is 14.4 Å². The number of anilines is 1. The summed E-state index contributed by atoms with van der Waals surface area (Å²) < 4.78 is 6.68. The van der Waals surface area contributed by atoms with Gasteiger partial charge in [0.25, 0.3) is 0 Å². The summed E-state index contributed by atoms with van der Waals surface area (Å²) in [5, 5.41) is 3.13. The van der Waals surface area contributed by atoms with E-state index in [0.29, 0.717) is 28.3 Å². The number of aromatic nitrogens is 2. The van der Waals surface area contributed by atoms with E-state index in [-0.39, 0.29) is 23.4 Å². The van der Waals surface area contributed by atoms with Crippen LogP contribution < -0.4 is 15.5 Å². The molecule has 2 aromatic carbocycles. The average Bonchev–Trinajstić information content (AvgIpc) is 2.80. The molecule has 7 heteroatoms. The van der Waals surface area contributed by atoms with E-state index < -0.39 is 11.2 Å². The third-order valence-electron chi connectivity index (χ3n) is 5.27. The van der Waals surface area contributed by atoms with Crippen molar-refractivity contribution in [3.05, 3.63) is 99.5 Å². The van der Waals surface area contributed by atoms with Crippen LogP contribution in [0.25, 0.3) is 11.0 Å². The molecule has 0 saturated carbocycles. The topological polar surface area (TPSA) is 90.3 Å². The molecule has 0 radical (unpaired) electrons. The number of aryl methyl sites for hydroxylation is 2. The van der Waals surface area contributed by atoms with Crippen LogP contribution in [0, 0.1) is 13.8 Å². The number of hydrogen-bond acceptors (Lipinski definition) is 5. The molecule has 0 saturated heterocycles. The van der Waals surface area contributed by atoms with Crippen LogP contribution in [-0.2, 0) is 11.3 Å². The van der Waals surface area contributed by atoms with Crippen molar-refractivity contribution in [1.82, 2.24) is 9.55 Å². The second kappa shape index (κ2) is 9.08. The molecular weight excluding hydrogens is 418 g/mol. The lowest BCUT2D eigenvalue weighted by molar-refractivity contribution is -0.116. The summed E-state index contributed by atoms with van der Waals surface area (Å²) in [6.07, 6.45) is 1.42. The molecule has 2 aromatic heterocycles. The Bertz CT molecular complexity index is 1420. The summed E-state index contributed by atoms with van der Waals surface area (Å²) in [5.41, 5.74) is 2.64. The van der Waals surface area contributed by atoms with Crippen molar-refractivity contribution < 1.29 is 14.3 Å². The minimum Gasteiger partial charge on any atom is -0.497 e. The molecule has 0 aliphatic carbocycles. The molecule has 166 valence electrons. The highest BCUT2D eigenvalue weighted by molar-refractivity contribution is 6.10. The number of carbonyl (C=O) groups excluding carboxylic acids is 2. The number of rotatable bonds is 6. The van der Waals surface area contributed by atoms with Gasteiger partial charge in [0.05, 0.1) is 18.1 Å². The number of amides is 1. The van der Waals surface area contributed by atoms with Crippen molar-refractivity contribution in [3.8, 4) is 5.75 Å². The van der Waals surface area contributed by atoms with Gasteiger partial charge in [-0.15, -0.1) is 0 Å². The molecule has 4 rings (SSSR count). The molecule has 0 spiro atoms. The first-order valence-electron chi connectivity index (χ1n) is 10.4. The lowest BCUT2D eigenvalue weighted by Gasteiger charge is -2.13. The molecule has 0 atom stereocenters. The lowest BCUT2D eigenvalue weighted by atomic mass is 10.0. The summed E-state index contributed by atoms with van der Waals surface area (Å²) in [6.45, 7) is 3.64. The number of hydrogen-bond donors (Lipinski definition) is 1. The Kier molecular flexibility index (Phi) is 6.04. The van der Waals surface area contributed by atoms with E-state index >= 15 is 0 Å². The van der Waals surface area contributed by atoms with Gasteiger partial charge in [-0.25, -0.2) is 4.98 Å². The van der Waals surface area contributed by atoms with E-state index in [2.05, 4.69) is 10.3 Å². The summed E-state index contributed by atoms with van der Waals surface area (Å²) in [5.74, 6) is -0.121. The maximum Gasteiger partial charge on any atom is 0.244 e. The van der Waals surface area contributed by atoms with E-state index in [9.17, 15) is 14.4 Å². The molecule has 4 aromatic rings. The molecule has 0 fully saturated rings. The summed E-state index contributed by atoms with van der Waals surface area (Å²) in [6, 6.07) is 17.3. The summed E-state index contributed by atoms with van der Waals surface area (Å²) in [4.78, 5) is 43.6. The SMILES string of the molecule is COc1ccc(C(=O)c2cn(CC(=O)Nc3cccc(C)c3)c3nc(C)ccc3c2=O)cc1. The van der Waals surface area contributed by atoms with Crippen molar-refractivity contribution in [2.24, 2.45) is 0 Å². The van der Waals surface area contributed by atoms with Gasteiger partial charge in [0, 0.05) is 23.1 Å². The maximum atomic E-state index is 13.2. The number of nitrogens with one attached hydrogen (secondary N) is 1. The number of fused-ring (bicyclic) bond motifs is 1. The van der Waals surface area contributed by atoms with Gasteiger partial charge in [0.1, 0.15) is 17.9 Å². The number of pyridine rings is 2. The molecule has 1 amide bonds. The highest BCUT2D eigenvalue weighted by Gasteiger charge is 2.19. The first-order valence-corrected chi connectivity index (χ1v) is 10.4. The molecule has 0 bridgehead atoms. The predicted molar refractivity (Wildman–Crippen MR) is 127 cm³/mol. The Balaban J connectivity index is 1.75. The average molecular weight is 441 g/mol. The minimum absolute atomic E-state index is 0.0262. The van der Waals surface area contributed by atoms with Crippen LogP contribution in [0.1, 0.15) is 27.2 Å². The number of ether oxygens (including phenoxy) is 1. The fraction of sp³-hybridized carbons (Fsp3) is 0.154. The minimum atomic E-state index is -0.432. The Morgan fingerprint density at radius 2 is 1.79 bits per heavy atom. The van der Waals surface area contributed by atoms with Crippen molar-refractivity contribution in [2.45, 2.75) is 20.4 Å². The molecule has 0 aliphatic rings. The first-order chi connectivity index (χ1) is 15.9. The lowest BCUT2D eigenvalue weighted by Crippen LogP contribution is -2.25. The Morgan fingerprint density at radius 1 is 1.03 bits per heavy atom. The van der Waals surface area contributed by atoms with E-state index in [1.165, 1.54) is 13.3 Å². The number of nitrogens with zero attached hydrogens (tertiary/aromatic N) is 2. The maximum absolute atomic E-state index is 13.2. The van der Waals surface area contributed by atoms with Crippen LogP contribution in [-0.4, -0.2) is 28.4 Å². The van der Waals surface area contributed by atoms with Gasteiger partial charge in [-0.2, -0.15) is 0 Å². The van der Waals surface area contributed by atoms with E-state index in [4.69, 9.17) is 4.74 Å². The van der Waals surface area contributed by atoms with E-state index in [1.54, 1.807) is 54.0 Å². The molecular formula is C26H23N3O4. The smallest absolute Gasteiger partial charge is 0.244 e. The van der Waals surface area contributed by atoms with Crippen LogP contribution in [0.4, 0.5) is 5.69 Å². The van der Waals surface area contributed by atoms with Gasteiger partial charge in [-0.05, 0) is 67.9 Å². The van der Waals surface area contributed by atoms with Crippen LogP contribution in [0.5, 0.6) is 5.75 Å². The van der Waals surface area contributed by atoms with Crippen LogP contribution >= 0.6 is 0 Å². The first kappa shape index (κ1) is 22.0. The molecule has 2 heterocycles. The van der Waals surface area contributed by atoms with Crippen LogP contribution in [0.15, 0.2) is 71.7 Å². The Labute approximate surface area is 190 Å².